The van der Waals surface area contributed by atoms with Crippen LogP contribution >= 0.6 is 11.3 Å². The Morgan fingerprint density at radius 3 is 2.39 bits per heavy atom. The van der Waals surface area contributed by atoms with Gasteiger partial charge in [-0.2, -0.15) is 0 Å². The summed E-state index contributed by atoms with van der Waals surface area (Å²) in [6.45, 7) is -0.461. The molecule has 7 heteroatoms. The Balaban J connectivity index is 1.64. The van der Waals surface area contributed by atoms with Gasteiger partial charge in [0.1, 0.15) is 12.1 Å². The Hall–Kier alpha value is -3.32. The quantitative estimate of drug-likeness (QED) is 0.487. The maximum atomic E-state index is 13.2. The Morgan fingerprint density at radius 2 is 1.79 bits per heavy atom. The average molecular weight is 397 g/mol. The van der Waals surface area contributed by atoms with Gasteiger partial charge in [-0.25, -0.2) is 9.18 Å². The minimum Gasteiger partial charge on any atom is -0.452 e. The number of halogens is 1. The molecule has 0 fully saturated rings. The number of rotatable bonds is 7. The third kappa shape index (κ3) is 4.89. The van der Waals surface area contributed by atoms with Gasteiger partial charge in [-0.1, -0.05) is 30.3 Å². The third-order valence-corrected chi connectivity index (χ3v) is 4.89. The number of aldehydes is 1. The molecule has 1 aromatic heterocycles. The van der Waals surface area contributed by atoms with Crippen molar-refractivity contribution in [2.75, 3.05) is 6.61 Å². The largest absolute Gasteiger partial charge is 0.452 e. The lowest BCUT2D eigenvalue weighted by molar-refractivity contribution is -0.124. The molecule has 5 nitrogen and oxygen atoms in total. The van der Waals surface area contributed by atoms with Crippen LogP contribution in [0.25, 0.3) is 0 Å². The van der Waals surface area contributed by atoms with Crippen LogP contribution in [0.4, 0.5) is 4.39 Å². The topological polar surface area (TPSA) is 72.5 Å². The van der Waals surface area contributed by atoms with Gasteiger partial charge >= 0.3 is 5.97 Å². The highest BCUT2D eigenvalue weighted by molar-refractivity contribution is 7.10. The van der Waals surface area contributed by atoms with Gasteiger partial charge in [0.2, 0.25) is 0 Å². The van der Waals surface area contributed by atoms with Gasteiger partial charge in [-0.05, 0) is 41.3 Å². The van der Waals surface area contributed by atoms with Crippen molar-refractivity contribution in [2.24, 2.45) is 0 Å². The molecule has 0 spiro atoms. The number of nitrogens with one attached hydrogen (secondary N) is 1. The maximum absolute atomic E-state index is 13.2. The Kier molecular flexibility index (Phi) is 6.29. The second-order valence-electron chi connectivity index (χ2n) is 5.88. The van der Waals surface area contributed by atoms with E-state index in [4.69, 9.17) is 4.74 Å². The highest BCUT2D eigenvalue weighted by atomic mass is 32.1. The van der Waals surface area contributed by atoms with Crippen LogP contribution in [0.1, 0.15) is 37.2 Å². The molecule has 1 atom stereocenters. The Bertz CT molecular complexity index is 953. The van der Waals surface area contributed by atoms with E-state index in [1.807, 2.05) is 17.5 Å². The molecule has 0 aliphatic carbocycles. The lowest BCUT2D eigenvalue weighted by atomic mass is 10.1. The average Bonchev–Trinajstić information content (AvgIpc) is 3.25. The van der Waals surface area contributed by atoms with Crippen LogP contribution in [0.2, 0.25) is 0 Å². The zero-order valence-electron chi connectivity index (χ0n) is 14.6. The van der Waals surface area contributed by atoms with Crippen molar-refractivity contribution in [3.63, 3.8) is 0 Å². The van der Waals surface area contributed by atoms with E-state index in [-0.39, 0.29) is 11.4 Å². The van der Waals surface area contributed by atoms with Crippen molar-refractivity contribution in [1.82, 2.24) is 5.32 Å². The SMILES string of the molecule is O=Cc1ccc(C(=O)OCC(=O)NC(c2ccc(F)cc2)c2cccs2)cc1. The molecule has 0 saturated carbocycles. The van der Waals surface area contributed by atoms with E-state index in [1.54, 1.807) is 12.1 Å². The van der Waals surface area contributed by atoms with Crippen molar-refractivity contribution >= 4 is 29.5 Å². The van der Waals surface area contributed by atoms with E-state index in [0.29, 0.717) is 17.4 Å². The minimum atomic E-state index is -0.665. The van der Waals surface area contributed by atoms with Crippen LogP contribution < -0.4 is 5.32 Å². The first-order valence-electron chi connectivity index (χ1n) is 8.37. The molecule has 2 aromatic carbocycles. The van der Waals surface area contributed by atoms with Crippen LogP contribution in [-0.4, -0.2) is 24.8 Å². The predicted molar refractivity (Wildman–Crippen MR) is 103 cm³/mol. The lowest BCUT2D eigenvalue weighted by Crippen LogP contribution is -2.32. The van der Waals surface area contributed by atoms with Gasteiger partial charge in [0, 0.05) is 10.4 Å². The minimum absolute atomic E-state index is 0.242. The van der Waals surface area contributed by atoms with Gasteiger partial charge in [-0.15, -0.1) is 11.3 Å². The molecular formula is C21H16FNO4S. The standard InChI is InChI=1S/C21H16FNO4S/c22-17-9-7-15(8-10-17)20(18-2-1-11-28-18)23-19(25)13-27-21(26)16-5-3-14(12-24)4-6-16/h1-12,20H,13H2,(H,23,25). The zero-order valence-corrected chi connectivity index (χ0v) is 15.4. The number of amides is 1. The number of carbonyl (C=O) groups excluding carboxylic acids is 3. The summed E-state index contributed by atoms with van der Waals surface area (Å²) in [7, 11) is 0. The smallest absolute Gasteiger partial charge is 0.338 e. The summed E-state index contributed by atoms with van der Waals surface area (Å²) in [4.78, 5) is 35.9. The number of carbonyl (C=O) groups is 3. The van der Waals surface area contributed by atoms with E-state index in [1.165, 1.54) is 47.7 Å². The molecule has 0 saturated heterocycles. The molecule has 3 rings (SSSR count). The molecule has 1 unspecified atom stereocenters. The normalized spacial score (nSPS) is 11.5. The summed E-state index contributed by atoms with van der Waals surface area (Å²) >= 11 is 1.45. The molecule has 0 aliphatic rings. The number of esters is 1. The highest BCUT2D eigenvalue weighted by Gasteiger charge is 2.19. The van der Waals surface area contributed by atoms with Crippen molar-refractivity contribution in [1.29, 1.82) is 0 Å². The van der Waals surface area contributed by atoms with Gasteiger partial charge in [0.25, 0.3) is 5.91 Å². The van der Waals surface area contributed by atoms with Crippen molar-refractivity contribution in [3.05, 3.63) is 93.4 Å². The van der Waals surface area contributed by atoms with E-state index >= 15 is 0 Å². The molecule has 1 heterocycles. The summed E-state index contributed by atoms with van der Waals surface area (Å²) in [5.41, 5.74) is 1.40. The molecule has 0 radical (unpaired) electrons. The van der Waals surface area contributed by atoms with E-state index in [0.717, 1.165) is 4.88 Å². The van der Waals surface area contributed by atoms with Crippen LogP contribution in [-0.2, 0) is 9.53 Å². The van der Waals surface area contributed by atoms with Gasteiger partial charge in [0.15, 0.2) is 6.61 Å². The van der Waals surface area contributed by atoms with Gasteiger partial charge < -0.3 is 10.1 Å². The predicted octanol–water partition coefficient (Wildman–Crippen LogP) is 3.76. The molecule has 1 amide bonds. The number of ether oxygens (including phenoxy) is 1. The van der Waals surface area contributed by atoms with Crippen molar-refractivity contribution in [2.45, 2.75) is 6.04 Å². The first kappa shape index (κ1) is 19.4. The Morgan fingerprint density at radius 1 is 1.07 bits per heavy atom. The molecule has 142 valence electrons. The summed E-state index contributed by atoms with van der Waals surface area (Å²) < 4.78 is 18.3. The monoisotopic (exact) mass is 397 g/mol. The second kappa shape index (κ2) is 9.05. The molecule has 0 bridgehead atoms. The molecule has 0 aliphatic heterocycles. The van der Waals surface area contributed by atoms with Crippen molar-refractivity contribution in [3.8, 4) is 0 Å². The van der Waals surface area contributed by atoms with Crippen LogP contribution in [0.3, 0.4) is 0 Å². The highest BCUT2D eigenvalue weighted by Crippen LogP contribution is 2.26. The summed E-state index contributed by atoms with van der Waals surface area (Å²) in [6, 6.07) is 15.0. The summed E-state index contributed by atoms with van der Waals surface area (Å²) in [5.74, 6) is -1.52. The van der Waals surface area contributed by atoms with Gasteiger partial charge in [-0.3, -0.25) is 9.59 Å². The Labute approximate surface area is 164 Å². The first-order chi connectivity index (χ1) is 13.6. The van der Waals surface area contributed by atoms with E-state index < -0.39 is 24.5 Å². The molecule has 28 heavy (non-hydrogen) atoms. The van der Waals surface area contributed by atoms with E-state index in [9.17, 15) is 18.8 Å². The first-order valence-corrected chi connectivity index (χ1v) is 9.25. The van der Waals surface area contributed by atoms with Crippen LogP contribution in [0.5, 0.6) is 0 Å². The lowest BCUT2D eigenvalue weighted by Gasteiger charge is -2.18. The fourth-order valence-corrected chi connectivity index (χ4v) is 3.35. The molecule has 1 N–H and O–H groups in total. The van der Waals surface area contributed by atoms with Gasteiger partial charge in [0.05, 0.1) is 11.6 Å². The number of thiophene rings is 1. The number of benzene rings is 2. The third-order valence-electron chi connectivity index (χ3n) is 3.95. The summed E-state index contributed by atoms with van der Waals surface area (Å²) in [6.07, 6.45) is 0.669. The molecular weight excluding hydrogens is 381 g/mol. The summed E-state index contributed by atoms with van der Waals surface area (Å²) in [5, 5.41) is 4.68. The maximum Gasteiger partial charge on any atom is 0.338 e. The fraction of sp³-hybridized carbons (Fsp3) is 0.0952. The van der Waals surface area contributed by atoms with Crippen LogP contribution in [0.15, 0.2) is 66.0 Å². The van der Waals surface area contributed by atoms with Crippen molar-refractivity contribution < 1.29 is 23.5 Å². The molecule has 3 aromatic rings. The zero-order chi connectivity index (χ0) is 19.9. The fourth-order valence-electron chi connectivity index (χ4n) is 2.54. The second-order valence-corrected chi connectivity index (χ2v) is 6.86. The van der Waals surface area contributed by atoms with E-state index in [2.05, 4.69) is 5.32 Å². The van der Waals surface area contributed by atoms with Crippen LogP contribution in [0, 0.1) is 5.82 Å². The number of hydrogen-bond acceptors (Lipinski definition) is 5. The number of hydrogen-bond donors (Lipinski definition) is 1.